The normalized spacial score (nSPS) is 9.62. The highest BCUT2D eigenvalue weighted by Crippen LogP contribution is 2.12. The van der Waals surface area contributed by atoms with Crippen LogP contribution in [-0.2, 0) is 14.2 Å². The maximum Gasteiger partial charge on any atom is 0.338 e. The number of carbonyl (C=O) groups excluding carboxylic acids is 3. The first-order chi connectivity index (χ1) is 18.7. The molecule has 0 saturated heterocycles. The van der Waals surface area contributed by atoms with Crippen LogP contribution in [-0.4, -0.2) is 53.0 Å². The largest absolute Gasteiger partial charge is 0.508 e. The molecule has 0 spiro atoms. The first-order valence-electron chi connectivity index (χ1n) is 12.6. The minimum Gasteiger partial charge on any atom is -0.508 e. The van der Waals surface area contributed by atoms with Crippen LogP contribution in [0.25, 0.3) is 0 Å². The van der Waals surface area contributed by atoms with E-state index in [2.05, 4.69) is 0 Å². The van der Waals surface area contributed by atoms with Crippen molar-refractivity contribution in [3.8, 4) is 17.2 Å². The number of aromatic hydroxyl groups is 3. The Balaban J connectivity index is 0.000000293. The number of phenols is 3. The van der Waals surface area contributed by atoms with Gasteiger partial charge in [0.15, 0.2) is 0 Å². The van der Waals surface area contributed by atoms with E-state index in [9.17, 15) is 14.4 Å². The van der Waals surface area contributed by atoms with Crippen LogP contribution in [0.3, 0.4) is 0 Å². The second-order valence-electron chi connectivity index (χ2n) is 7.99. The molecule has 39 heavy (non-hydrogen) atoms. The Morgan fingerprint density at radius 3 is 1.15 bits per heavy atom. The molecule has 0 saturated carbocycles. The molecule has 9 heteroatoms. The molecule has 9 nitrogen and oxygen atoms in total. The van der Waals surface area contributed by atoms with Crippen LogP contribution in [0.1, 0.15) is 71.1 Å². The van der Waals surface area contributed by atoms with Gasteiger partial charge in [-0.1, -0.05) is 20.3 Å². The Morgan fingerprint density at radius 1 is 0.513 bits per heavy atom. The average Bonchev–Trinajstić information content (AvgIpc) is 2.94. The lowest BCUT2D eigenvalue weighted by Crippen LogP contribution is -2.05. The van der Waals surface area contributed by atoms with Crippen molar-refractivity contribution in [3.63, 3.8) is 0 Å². The van der Waals surface area contributed by atoms with Gasteiger partial charge in [0.1, 0.15) is 17.2 Å². The van der Waals surface area contributed by atoms with Gasteiger partial charge in [-0.2, -0.15) is 0 Å². The van der Waals surface area contributed by atoms with Crippen molar-refractivity contribution in [1.82, 2.24) is 0 Å². The van der Waals surface area contributed by atoms with Crippen LogP contribution in [0.4, 0.5) is 0 Å². The first-order valence-corrected chi connectivity index (χ1v) is 12.6. The van der Waals surface area contributed by atoms with Crippen LogP contribution >= 0.6 is 0 Å². The number of unbranched alkanes of at least 4 members (excludes halogenated alkanes) is 1. The number of hydrogen-bond acceptors (Lipinski definition) is 9. The minimum atomic E-state index is -0.363. The molecule has 0 fully saturated rings. The van der Waals surface area contributed by atoms with Gasteiger partial charge in [0.25, 0.3) is 0 Å². The molecule has 3 rings (SSSR count). The first kappa shape index (κ1) is 32.5. The highest BCUT2D eigenvalue weighted by Gasteiger charge is 2.06. The summed E-state index contributed by atoms with van der Waals surface area (Å²) in [6.45, 7) is 6.96. The maximum atomic E-state index is 11.3. The number of esters is 3. The summed E-state index contributed by atoms with van der Waals surface area (Å²) >= 11 is 0. The number of phenolic OH excluding ortho intramolecular Hbond substituents is 3. The summed E-state index contributed by atoms with van der Waals surface area (Å²) in [5.41, 5.74) is 1.39. The van der Waals surface area contributed by atoms with E-state index in [1.807, 2.05) is 13.8 Å². The summed E-state index contributed by atoms with van der Waals surface area (Å²) < 4.78 is 14.6. The smallest absolute Gasteiger partial charge is 0.338 e. The molecule has 3 aromatic rings. The molecule has 0 atom stereocenters. The predicted octanol–water partition coefficient (Wildman–Crippen LogP) is 5.88. The van der Waals surface area contributed by atoms with Crippen molar-refractivity contribution in [1.29, 1.82) is 0 Å². The van der Waals surface area contributed by atoms with E-state index >= 15 is 0 Å². The van der Waals surface area contributed by atoms with Crippen molar-refractivity contribution in [2.45, 2.75) is 40.0 Å². The summed E-state index contributed by atoms with van der Waals surface area (Å²) in [5.74, 6) is -0.608. The molecule has 0 heterocycles. The fourth-order valence-corrected chi connectivity index (χ4v) is 2.68. The third-order valence-corrected chi connectivity index (χ3v) is 4.75. The molecule has 3 aromatic carbocycles. The second-order valence-corrected chi connectivity index (χ2v) is 7.99. The monoisotopic (exact) mass is 540 g/mol. The molecule has 0 bridgehead atoms. The van der Waals surface area contributed by atoms with Gasteiger partial charge >= 0.3 is 17.9 Å². The number of rotatable bonds is 9. The van der Waals surface area contributed by atoms with Crippen molar-refractivity contribution < 1.29 is 43.9 Å². The fourth-order valence-electron chi connectivity index (χ4n) is 2.68. The lowest BCUT2D eigenvalue weighted by Gasteiger charge is -2.03. The summed E-state index contributed by atoms with van der Waals surface area (Å²) in [4.78, 5) is 33.6. The quantitative estimate of drug-likeness (QED) is 0.172. The molecule has 3 N–H and O–H groups in total. The van der Waals surface area contributed by atoms with E-state index in [0.717, 1.165) is 19.3 Å². The van der Waals surface area contributed by atoms with Crippen LogP contribution in [0.2, 0.25) is 0 Å². The van der Waals surface area contributed by atoms with Gasteiger partial charge in [-0.3, -0.25) is 0 Å². The Morgan fingerprint density at radius 2 is 0.846 bits per heavy atom. The van der Waals surface area contributed by atoms with Gasteiger partial charge in [-0.15, -0.1) is 0 Å². The van der Waals surface area contributed by atoms with E-state index in [-0.39, 0.29) is 35.2 Å². The minimum absolute atomic E-state index is 0.142. The van der Waals surface area contributed by atoms with E-state index in [4.69, 9.17) is 29.5 Å². The van der Waals surface area contributed by atoms with E-state index in [1.54, 1.807) is 19.1 Å². The Hall–Kier alpha value is -4.53. The molecular formula is C30H36O9. The molecule has 210 valence electrons. The fraction of sp³-hybridized carbons (Fsp3) is 0.300. The standard InChI is InChI=1S/C11H14O3.C10H12O3.C9H10O3/c1-2-3-8-14-11(13)9-4-6-10(12)7-5-9;1-2-7-13-10(12)8-3-5-9(11)6-4-8;1-2-12-9(11)7-3-5-8(10)6-4-7/h4-7,12H,2-3,8H2,1H3;3-6,11H,2,7H2,1H3;3-6,10H,2H2,1H3. The summed E-state index contributed by atoms with van der Waals surface area (Å²) in [6, 6.07) is 18.0. The number of benzene rings is 3. The maximum absolute atomic E-state index is 11.3. The highest BCUT2D eigenvalue weighted by atomic mass is 16.5. The van der Waals surface area contributed by atoms with Gasteiger partial charge in [0.05, 0.1) is 36.5 Å². The third-order valence-electron chi connectivity index (χ3n) is 4.75. The summed E-state index contributed by atoms with van der Waals surface area (Å²) in [6.07, 6.45) is 2.69. The van der Waals surface area contributed by atoms with Crippen molar-refractivity contribution >= 4 is 17.9 Å². The van der Waals surface area contributed by atoms with Gasteiger partial charge in [0, 0.05) is 0 Å². The summed E-state index contributed by atoms with van der Waals surface area (Å²) in [5, 5.41) is 26.9. The second kappa shape index (κ2) is 18.7. The van der Waals surface area contributed by atoms with E-state index in [0.29, 0.717) is 36.5 Å². The van der Waals surface area contributed by atoms with Crippen LogP contribution in [0.5, 0.6) is 17.2 Å². The topological polar surface area (TPSA) is 140 Å². The molecular weight excluding hydrogens is 504 g/mol. The zero-order valence-corrected chi connectivity index (χ0v) is 22.5. The molecule has 0 aliphatic carbocycles. The average molecular weight is 541 g/mol. The number of carbonyl (C=O) groups is 3. The number of hydrogen-bond donors (Lipinski definition) is 3. The third kappa shape index (κ3) is 13.5. The van der Waals surface area contributed by atoms with E-state index in [1.165, 1.54) is 60.7 Å². The Bertz CT molecular complexity index is 1120. The molecule has 0 aliphatic heterocycles. The van der Waals surface area contributed by atoms with Crippen molar-refractivity contribution in [3.05, 3.63) is 89.5 Å². The van der Waals surface area contributed by atoms with Gasteiger partial charge in [-0.25, -0.2) is 14.4 Å². The van der Waals surface area contributed by atoms with Gasteiger partial charge in [-0.05, 0) is 92.6 Å². The van der Waals surface area contributed by atoms with Crippen LogP contribution in [0, 0.1) is 0 Å². The molecule has 0 radical (unpaired) electrons. The zero-order chi connectivity index (χ0) is 29.0. The van der Waals surface area contributed by atoms with E-state index < -0.39 is 0 Å². The highest BCUT2D eigenvalue weighted by molar-refractivity contribution is 5.90. The van der Waals surface area contributed by atoms with Gasteiger partial charge in [0.2, 0.25) is 0 Å². The SMILES string of the molecule is CCCCOC(=O)c1ccc(O)cc1.CCCOC(=O)c1ccc(O)cc1.CCOC(=O)c1ccc(O)cc1. The zero-order valence-electron chi connectivity index (χ0n) is 22.5. The lowest BCUT2D eigenvalue weighted by atomic mass is 10.2. The van der Waals surface area contributed by atoms with Crippen LogP contribution in [0.15, 0.2) is 72.8 Å². The molecule has 0 aromatic heterocycles. The molecule has 0 unspecified atom stereocenters. The van der Waals surface area contributed by atoms with Crippen molar-refractivity contribution in [2.75, 3.05) is 19.8 Å². The van der Waals surface area contributed by atoms with Crippen LogP contribution < -0.4 is 0 Å². The number of ether oxygens (including phenoxy) is 3. The predicted molar refractivity (Wildman–Crippen MR) is 146 cm³/mol. The summed E-state index contributed by atoms with van der Waals surface area (Å²) in [7, 11) is 0. The molecule has 0 aliphatic rings. The van der Waals surface area contributed by atoms with Gasteiger partial charge < -0.3 is 29.5 Å². The molecule has 0 amide bonds. The van der Waals surface area contributed by atoms with Crippen molar-refractivity contribution in [2.24, 2.45) is 0 Å². The Kier molecular flexibility index (Phi) is 15.6. The Labute approximate surface area is 228 Å². The lowest BCUT2D eigenvalue weighted by molar-refractivity contribution is 0.0492.